The summed E-state index contributed by atoms with van der Waals surface area (Å²) >= 11 is 0. The van der Waals surface area contributed by atoms with Crippen LogP contribution in [0.1, 0.15) is 26.5 Å². The van der Waals surface area contributed by atoms with Gasteiger partial charge in [0.05, 0.1) is 13.3 Å². The maximum Gasteiger partial charge on any atom is 0.356 e. The number of nitrogens with two attached hydrogens (primary N) is 1. The fourth-order valence-corrected chi connectivity index (χ4v) is 1.51. The van der Waals surface area contributed by atoms with Crippen molar-refractivity contribution in [2.75, 3.05) is 7.11 Å². The van der Waals surface area contributed by atoms with Crippen LogP contribution in [0.25, 0.3) is 5.65 Å². The van der Waals surface area contributed by atoms with Gasteiger partial charge >= 0.3 is 5.97 Å². The van der Waals surface area contributed by atoms with Gasteiger partial charge in [-0.3, -0.25) is 4.79 Å². The second-order valence-electron chi connectivity index (χ2n) is 3.43. The second kappa shape index (κ2) is 3.85. The number of esters is 1. The highest BCUT2D eigenvalue weighted by Crippen LogP contribution is 2.12. The van der Waals surface area contributed by atoms with Crippen molar-refractivity contribution in [3.8, 4) is 0 Å². The lowest BCUT2D eigenvalue weighted by molar-refractivity contribution is 0.0590. The molecule has 0 aliphatic carbocycles. The van der Waals surface area contributed by atoms with E-state index in [0.717, 1.165) is 0 Å². The molecule has 0 aliphatic rings. The Kier molecular flexibility index (Phi) is 2.51. The van der Waals surface area contributed by atoms with Gasteiger partial charge in [-0.1, -0.05) is 0 Å². The number of aromatic nitrogens is 3. The molecule has 0 spiro atoms. The van der Waals surface area contributed by atoms with E-state index in [0.29, 0.717) is 5.69 Å². The number of rotatable bonds is 2. The number of hydrogen-bond acceptors (Lipinski definition) is 5. The Morgan fingerprint density at radius 2 is 2.18 bits per heavy atom. The summed E-state index contributed by atoms with van der Waals surface area (Å²) in [6.07, 6.45) is 1.27. The smallest absolute Gasteiger partial charge is 0.356 e. The molecule has 7 heteroatoms. The van der Waals surface area contributed by atoms with Gasteiger partial charge < -0.3 is 10.5 Å². The fourth-order valence-electron chi connectivity index (χ4n) is 1.51. The van der Waals surface area contributed by atoms with E-state index in [1.54, 1.807) is 6.92 Å². The molecule has 2 heterocycles. The highest BCUT2D eigenvalue weighted by molar-refractivity contribution is 5.99. The largest absolute Gasteiger partial charge is 0.464 e. The Hall–Kier alpha value is -2.44. The van der Waals surface area contributed by atoms with Crippen LogP contribution in [0, 0.1) is 6.92 Å². The molecule has 2 aromatic rings. The molecular formula is C10H10N4O3. The first-order chi connectivity index (χ1) is 8.04. The molecule has 88 valence electrons. The number of methoxy groups -OCH3 is 1. The zero-order valence-electron chi connectivity index (χ0n) is 9.30. The van der Waals surface area contributed by atoms with Crippen LogP contribution >= 0.6 is 0 Å². The summed E-state index contributed by atoms with van der Waals surface area (Å²) in [5.74, 6) is -1.20. The van der Waals surface area contributed by atoms with Gasteiger partial charge in [0.2, 0.25) is 0 Å². The van der Waals surface area contributed by atoms with Crippen LogP contribution in [0.3, 0.4) is 0 Å². The molecule has 2 rings (SSSR count). The first-order valence-corrected chi connectivity index (χ1v) is 4.78. The fraction of sp³-hybridized carbons (Fsp3) is 0.200. The van der Waals surface area contributed by atoms with Crippen molar-refractivity contribution >= 4 is 17.5 Å². The van der Waals surface area contributed by atoms with Crippen LogP contribution in [0.15, 0.2) is 12.3 Å². The molecule has 0 bridgehead atoms. The maximum absolute atomic E-state index is 11.5. The van der Waals surface area contributed by atoms with E-state index in [1.165, 1.54) is 23.9 Å². The second-order valence-corrected chi connectivity index (χ2v) is 3.43. The lowest BCUT2D eigenvalue weighted by Gasteiger charge is -2.04. The van der Waals surface area contributed by atoms with Crippen molar-refractivity contribution in [2.45, 2.75) is 6.92 Å². The first kappa shape index (κ1) is 11.1. The van der Waals surface area contributed by atoms with Crippen LogP contribution < -0.4 is 5.73 Å². The van der Waals surface area contributed by atoms with Gasteiger partial charge in [0.25, 0.3) is 5.91 Å². The number of ether oxygens (including phenoxy) is 1. The standard InChI is InChI=1S/C10H10N4O3/c1-5-3-7(10(16)17-2)14-9(13-5)6(4-12-14)8(11)15/h3-4H,1-2H3,(H2,11,15). The van der Waals surface area contributed by atoms with Crippen LogP contribution in [0.4, 0.5) is 0 Å². The van der Waals surface area contributed by atoms with Crippen molar-refractivity contribution in [1.82, 2.24) is 14.6 Å². The molecule has 7 nitrogen and oxygen atoms in total. The normalized spacial score (nSPS) is 10.5. The Morgan fingerprint density at radius 3 is 2.76 bits per heavy atom. The third-order valence-corrected chi connectivity index (χ3v) is 2.26. The minimum atomic E-state index is -0.645. The predicted octanol–water partition coefficient (Wildman–Crippen LogP) is -0.0768. The number of amides is 1. The number of carbonyl (C=O) groups excluding carboxylic acids is 2. The topological polar surface area (TPSA) is 99.6 Å². The number of fused-ring (bicyclic) bond motifs is 1. The van der Waals surface area contributed by atoms with Crippen molar-refractivity contribution < 1.29 is 14.3 Å². The highest BCUT2D eigenvalue weighted by atomic mass is 16.5. The average molecular weight is 234 g/mol. The molecule has 17 heavy (non-hydrogen) atoms. The van der Waals surface area contributed by atoms with Crippen LogP contribution in [0.2, 0.25) is 0 Å². The molecule has 0 aliphatic heterocycles. The number of primary amides is 1. The first-order valence-electron chi connectivity index (χ1n) is 4.78. The molecule has 0 radical (unpaired) electrons. The molecule has 0 aromatic carbocycles. The number of aryl methyl sites for hydroxylation is 1. The summed E-state index contributed by atoms with van der Waals surface area (Å²) in [7, 11) is 1.27. The minimum Gasteiger partial charge on any atom is -0.464 e. The van der Waals surface area contributed by atoms with Gasteiger partial charge in [0.15, 0.2) is 11.3 Å². The van der Waals surface area contributed by atoms with Gasteiger partial charge in [-0.15, -0.1) is 0 Å². The monoisotopic (exact) mass is 234 g/mol. The van der Waals surface area contributed by atoms with E-state index in [-0.39, 0.29) is 16.9 Å². The molecule has 0 unspecified atom stereocenters. The summed E-state index contributed by atoms with van der Waals surface area (Å²) in [6, 6.07) is 1.52. The van der Waals surface area contributed by atoms with E-state index >= 15 is 0 Å². The zero-order chi connectivity index (χ0) is 12.6. The third-order valence-electron chi connectivity index (χ3n) is 2.26. The molecule has 0 atom stereocenters. The van der Waals surface area contributed by atoms with Gasteiger partial charge in [-0.25, -0.2) is 14.3 Å². The summed E-state index contributed by atoms with van der Waals surface area (Å²) < 4.78 is 5.86. The summed E-state index contributed by atoms with van der Waals surface area (Å²) in [5, 5.41) is 3.90. The lowest BCUT2D eigenvalue weighted by Crippen LogP contribution is -2.13. The van der Waals surface area contributed by atoms with Gasteiger partial charge in [0, 0.05) is 5.69 Å². The lowest BCUT2D eigenvalue weighted by atomic mass is 10.3. The quantitative estimate of drug-likeness (QED) is 0.733. The van der Waals surface area contributed by atoms with E-state index in [4.69, 9.17) is 5.73 Å². The zero-order valence-corrected chi connectivity index (χ0v) is 9.30. The Morgan fingerprint density at radius 1 is 1.47 bits per heavy atom. The molecule has 0 fully saturated rings. The molecule has 1 amide bonds. The molecule has 2 N–H and O–H groups in total. The molecule has 0 saturated heterocycles. The van der Waals surface area contributed by atoms with E-state index < -0.39 is 11.9 Å². The van der Waals surface area contributed by atoms with Gasteiger partial charge in [0.1, 0.15) is 5.56 Å². The molecular weight excluding hydrogens is 224 g/mol. The predicted molar refractivity (Wildman–Crippen MR) is 57.6 cm³/mol. The number of carbonyl (C=O) groups is 2. The van der Waals surface area contributed by atoms with Gasteiger partial charge in [-0.05, 0) is 13.0 Å². The molecule has 0 saturated carbocycles. The van der Waals surface area contributed by atoms with Crippen LogP contribution in [-0.4, -0.2) is 33.6 Å². The number of hydrogen-bond donors (Lipinski definition) is 1. The minimum absolute atomic E-state index is 0.166. The summed E-state index contributed by atoms with van der Waals surface area (Å²) in [6.45, 7) is 1.70. The van der Waals surface area contributed by atoms with Crippen LogP contribution in [-0.2, 0) is 4.74 Å². The molecule has 2 aromatic heterocycles. The van der Waals surface area contributed by atoms with Crippen LogP contribution in [0.5, 0.6) is 0 Å². The van der Waals surface area contributed by atoms with Gasteiger partial charge in [-0.2, -0.15) is 5.10 Å². The maximum atomic E-state index is 11.5. The summed E-state index contributed by atoms with van der Waals surface area (Å²) in [4.78, 5) is 26.8. The van der Waals surface area contributed by atoms with Crippen molar-refractivity contribution in [1.29, 1.82) is 0 Å². The van der Waals surface area contributed by atoms with E-state index in [1.807, 2.05) is 0 Å². The third kappa shape index (κ3) is 1.71. The van der Waals surface area contributed by atoms with E-state index in [2.05, 4.69) is 14.8 Å². The Bertz CT molecular complexity index is 617. The average Bonchev–Trinajstić information content (AvgIpc) is 2.70. The Balaban J connectivity index is 2.78. The SMILES string of the molecule is COC(=O)c1cc(C)nc2c(C(N)=O)cnn12. The number of nitrogens with zero attached hydrogens (tertiary/aromatic N) is 3. The highest BCUT2D eigenvalue weighted by Gasteiger charge is 2.18. The van der Waals surface area contributed by atoms with E-state index in [9.17, 15) is 9.59 Å². The summed E-state index contributed by atoms with van der Waals surface area (Å²) in [5.41, 5.74) is 6.37. The van der Waals surface area contributed by atoms with Crippen molar-refractivity contribution in [2.24, 2.45) is 5.73 Å². The Labute approximate surface area is 96.2 Å². The van der Waals surface area contributed by atoms with Crippen molar-refractivity contribution in [3.63, 3.8) is 0 Å². The van der Waals surface area contributed by atoms with Crippen molar-refractivity contribution in [3.05, 3.63) is 29.2 Å².